The van der Waals surface area contributed by atoms with Crippen LogP contribution in [0.5, 0.6) is 0 Å². The van der Waals surface area contributed by atoms with Crippen molar-refractivity contribution in [1.29, 1.82) is 0 Å². The quantitative estimate of drug-likeness (QED) is 0.494. The van der Waals surface area contributed by atoms with Crippen LogP contribution in [0.1, 0.15) is 34.3 Å². The summed E-state index contributed by atoms with van der Waals surface area (Å²) in [7, 11) is 0. The molecule has 0 aliphatic heterocycles. The topological polar surface area (TPSA) is 58.2 Å². The molecule has 0 radical (unpaired) electrons. The van der Waals surface area contributed by atoms with Gasteiger partial charge in [0.05, 0.1) is 0 Å². The Morgan fingerprint density at radius 2 is 1.57 bits per heavy atom. The Morgan fingerprint density at radius 1 is 0.821 bits per heavy atom. The molecule has 0 saturated heterocycles. The first kappa shape index (κ1) is 18.0. The van der Waals surface area contributed by atoms with E-state index in [0.29, 0.717) is 24.9 Å². The van der Waals surface area contributed by atoms with E-state index in [-0.39, 0.29) is 11.8 Å². The molecule has 0 fully saturated rings. The molecule has 2 N–H and O–H groups in total. The Balaban J connectivity index is 1.26. The van der Waals surface area contributed by atoms with E-state index >= 15 is 0 Å². The van der Waals surface area contributed by atoms with Crippen molar-refractivity contribution in [2.45, 2.75) is 19.3 Å². The third-order valence-electron chi connectivity index (χ3n) is 4.98. The van der Waals surface area contributed by atoms with Crippen molar-refractivity contribution >= 4 is 17.5 Å². The number of anilines is 1. The molecule has 1 aliphatic carbocycles. The maximum atomic E-state index is 12.2. The van der Waals surface area contributed by atoms with E-state index in [4.69, 9.17) is 0 Å². The zero-order chi connectivity index (χ0) is 19.3. The Morgan fingerprint density at radius 3 is 2.43 bits per heavy atom. The van der Waals surface area contributed by atoms with Crippen LogP contribution in [0.25, 0.3) is 11.1 Å². The number of hydrogen-bond donors (Lipinski definition) is 2. The van der Waals surface area contributed by atoms with E-state index in [1.807, 2.05) is 24.3 Å². The van der Waals surface area contributed by atoms with Crippen LogP contribution in [0.4, 0.5) is 5.69 Å². The molecule has 2 amide bonds. The van der Waals surface area contributed by atoms with Gasteiger partial charge in [0.15, 0.2) is 0 Å². The van der Waals surface area contributed by atoms with Crippen LogP contribution in [-0.2, 0) is 11.2 Å². The molecule has 28 heavy (non-hydrogen) atoms. The third kappa shape index (κ3) is 3.96. The first-order valence-electron chi connectivity index (χ1n) is 9.55. The number of carbonyl (C=O) groups is 2. The molecular formula is C24H22N2O2. The van der Waals surface area contributed by atoms with Gasteiger partial charge in [-0.3, -0.25) is 9.59 Å². The summed E-state index contributed by atoms with van der Waals surface area (Å²) < 4.78 is 0. The number of nitrogens with one attached hydrogen (secondary N) is 2. The zero-order valence-corrected chi connectivity index (χ0v) is 15.6. The van der Waals surface area contributed by atoms with E-state index in [1.165, 1.54) is 22.3 Å². The molecule has 3 aromatic rings. The van der Waals surface area contributed by atoms with Crippen LogP contribution in [0.15, 0.2) is 72.8 Å². The van der Waals surface area contributed by atoms with E-state index in [1.54, 1.807) is 12.1 Å². The highest BCUT2D eigenvalue weighted by molar-refractivity contribution is 5.94. The van der Waals surface area contributed by atoms with Crippen LogP contribution in [-0.4, -0.2) is 18.4 Å². The fourth-order valence-electron chi connectivity index (χ4n) is 3.59. The average Bonchev–Trinajstić information content (AvgIpc) is 3.09. The second kappa shape index (κ2) is 8.09. The normalized spacial score (nSPS) is 11.4. The smallest absolute Gasteiger partial charge is 0.251 e. The number of rotatable bonds is 6. The summed E-state index contributed by atoms with van der Waals surface area (Å²) in [6.45, 7) is 0.473. The molecule has 140 valence electrons. The van der Waals surface area contributed by atoms with Gasteiger partial charge in [0, 0.05) is 24.2 Å². The van der Waals surface area contributed by atoms with E-state index < -0.39 is 0 Å². The van der Waals surface area contributed by atoms with Crippen molar-refractivity contribution in [3.05, 3.63) is 89.5 Å². The SMILES string of the molecule is O=C(CCCNC(=O)c1ccccc1)Nc1ccc2c(c1)Cc1ccccc1-2. The molecule has 4 nitrogen and oxygen atoms in total. The van der Waals surface area contributed by atoms with Gasteiger partial charge in [-0.2, -0.15) is 0 Å². The molecule has 3 aromatic carbocycles. The second-order valence-corrected chi connectivity index (χ2v) is 6.98. The summed E-state index contributed by atoms with van der Waals surface area (Å²) >= 11 is 0. The highest BCUT2D eigenvalue weighted by atomic mass is 16.2. The molecule has 0 aromatic heterocycles. The van der Waals surface area contributed by atoms with E-state index in [9.17, 15) is 9.59 Å². The van der Waals surface area contributed by atoms with Gasteiger partial charge in [0.1, 0.15) is 0 Å². The number of benzene rings is 3. The van der Waals surface area contributed by atoms with Crippen molar-refractivity contribution in [2.75, 3.05) is 11.9 Å². The summed E-state index contributed by atoms with van der Waals surface area (Å²) in [5.74, 6) is -0.149. The molecular weight excluding hydrogens is 348 g/mol. The van der Waals surface area contributed by atoms with Crippen LogP contribution in [0, 0.1) is 0 Å². The van der Waals surface area contributed by atoms with Gasteiger partial charge in [0.2, 0.25) is 5.91 Å². The molecule has 0 bridgehead atoms. The van der Waals surface area contributed by atoms with Crippen molar-refractivity contribution in [3.8, 4) is 11.1 Å². The lowest BCUT2D eigenvalue weighted by atomic mass is 10.1. The fourth-order valence-corrected chi connectivity index (χ4v) is 3.59. The number of carbonyl (C=O) groups excluding carboxylic acids is 2. The van der Waals surface area contributed by atoms with Crippen LogP contribution in [0.2, 0.25) is 0 Å². The first-order valence-corrected chi connectivity index (χ1v) is 9.55. The first-order chi connectivity index (χ1) is 13.7. The summed E-state index contributed by atoms with van der Waals surface area (Å²) in [6, 6.07) is 23.6. The largest absolute Gasteiger partial charge is 0.352 e. The predicted octanol–water partition coefficient (Wildman–Crippen LogP) is 4.41. The minimum absolute atomic E-state index is 0.0376. The van der Waals surface area contributed by atoms with Gasteiger partial charge in [0.25, 0.3) is 5.91 Å². The second-order valence-electron chi connectivity index (χ2n) is 6.98. The van der Waals surface area contributed by atoms with Crippen LogP contribution >= 0.6 is 0 Å². The lowest BCUT2D eigenvalue weighted by Gasteiger charge is -2.08. The number of amides is 2. The zero-order valence-electron chi connectivity index (χ0n) is 15.6. The van der Waals surface area contributed by atoms with E-state index in [0.717, 1.165) is 12.1 Å². The molecule has 0 unspecified atom stereocenters. The van der Waals surface area contributed by atoms with Gasteiger partial charge in [-0.05, 0) is 59.4 Å². The van der Waals surface area contributed by atoms with Crippen molar-refractivity contribution in [3.63, 3.8) is 0 Å². The molecule has 1 aliphatic rings. The summed E-state index contributed by atoms with van der Waals surface area (Å²) in [5.41, 5.74) is 6.56. The predicted molar refractivity (Wildman–Crippen MR) is 111 cm³/mol. The van der Waals surface area contributed by atoms with Gasteiger partial charge >= 0.3 is 0 Å². The van der Waals surface area contributed by atoms with Crippen LogP contribution in [0.3, 0.4) is 0 Å². The van der Waals surface area contributed by atoms with Gasteiger partial charge in [-0.1, -0.05) is 48.5 Å². The maximum Gasteiger partial charge on any atom is 0.251 e. The Bertz CT molecular complexity index is 1010. The summed E-state index contributed by atoms with van der Waals surface area (Å²) in [6.07, 6.45) is 1.87. The molecule has 0 heterocycles. The standard InChI is InChI=1S/C24H22N2O2/c27-23(11-6-14-25-24(28)17-7-2-1-3-8-17)26-20-12-13-22-19(16-20)15-18-9-4-5-10-21(18)22/h1-5,7-10,12-13,16H,6,11,14-15H2,(H,25,28)(H,26,27). The Hall–Kier alpha value is -3.40. The minimum Gasteiger partial charge on any atom is -0.352 e. The third-order valence-corrected chi connectivity index (χ3v) is 4.98. The number of hydrogen-bond acceptors (Lipinski definition) is 2. The summed E-state index contributed by atoms with van der Waals surface area (Å²) in [5, 5.41) is 5.81. The highest BCUT2D eigenvalue weighted by Crippen LogP contribution is 2.37. The average molecular weight is 370 g/mol. The van der Waals surface area contributed by atoms with Crippen molar-refractivity contribution in [1.82, 2.24) is 5.32 Å². The van der Waals surface area contributed by atoms with Gasteiger partial charge in [-0.25, -0.2) is 0 Å². The molecule has 4 heteroatoms. The summed E-state index contributed by atoms with van der Waals surface area (Å²) in [4.78, 5) is 24.2. The number of fused-ring (bicyclic) bond motifs is 3. The lowest BCUT2D eigenvalue weighted by molar-refractivity contribution is -0.116. The van der Waals surface area contributed by atoms with Crippen molar-refractivity contribution in [2.24, 2.45) is 0 Å². The Labute approximate surface area is 164 Å². The Kier molecular flexibility index (Phi) is 5.20. The highest BCUT2D eigenvalue weighted by Gasteiger charge is 2.18. The van der Waals surface area contributed by atoms with Gasteiger partial charge < -0.3 is 10.6 Å². The van der Waals surface area contributed by atoms with Crippen LogP contribution < -0.4 is 10.6 Å². The molecule has 0 atom stereocenters. The van der Waals surface area contributed by atoms with Gasteiger partial charge in [-0.15, -0.1) is 0 Å². The molecule has 4 rings (SSSR count). The molecule has 0 spiro atoms. The molecule has 0 saturated carbocycles. The van der Waals surface area contributed by atoms with E-state index in [2.05, 4.69) is 47.0 Å². The van der Waals surface area contributed by atoms with Crippen molar-refractivity contribution < 1.29 is 9.59 Å². The fraction of sp³-hybridized carbons (Fsp3) is 0.167. The lowest BCUT2D eigenvalue weighted by Crippen LogP contribution is -2.25. The monoisotopic (exact) mass is 370 g/mol. The minimum atomic E-state index is -0.112. The maximum absolute atomic E-state index is 12.2.